The number of halogens is 2. The molecule has 140 valence electrons. The molecule has 0 bridgehead atoms. The Bertz CT molecular complexity index is 178. The number of unbranched alkanes of at least 4 members (excludes halogenated alkanes) is 9. The zero-order chi connectivity index (χ0) is 15.9. The van der Waals surface area contributed by atoms with Gasteiger partial charge in [0.25, 0.3) is 0 Å². The summed E-state index contributed by atoms with van der Waals surface area (Å²) in [6.45, 7) is 3.62. The van der Waals surface area contributed by atoms with Gasteiger partial charge in [-0.1, -0.05) is 58.3 Å². The van der Waals surface area contributed by atoms with E-state index in [1.165, 1.54) is 75.7 Å². The topological polar surface area (TPSA) is 4.44 Å². The van der Waals surface area contributed by atoms with Crippen LogP contribution in [0.15, 0.2) is 0 Å². The minimum absolute atomic E-state index is 0. The second-order valence-corrected chi connectivity index (χ2v) is 7.70. The van der Waals surface area contributed by atoms with Crippen LogP contribution in [0.5, 0.6) is 0 Å². The van der Waals surface area contributed by atoms with Crippen LogP contribution in [-0.2, 0) is 0 Å². The fraction of sp³-hybridized carbons (Fsp3) is 1.00. The third kappa shape index (κ3) is 42.8. The number of rotatable bonds is 11. The van der Waals surface area contributed by atoms with Crippen molar-refractivity contribution in [3.8, 4) is 0 Å². The smallest absolute Gasteiger partial charge is 0.0780 e. The van der Waals surface area contributed by atoms with E-state index in [0.717, 1.165) is 4.48 Å². The highest BCUT2D eigenvalue weighted by molar-refractivity contribution is 4.47. The van der Waals surface area contributed by atoms with Crippen molar-refractivity contribution in [1.29, 1.82) is 0 Å². The summed E-state index contributed by atoms with van der Waals surface area (Å²) in [7, 11) is 13.1. The fourth-order valence-electron chi connectivity index (χ4n) is 2.07. The average Bonchev–Trinajstić information content (AvgIpc) is 2.29. The van der Waals surface area contributed by atoms with Gasteiger partial charge in [0.2, 0.25) is 0 Å². The van der Waals surface area contributed by atoms with Gasteiger partial charge < -0.3 is 43.3 Å². The van der Waals surface area contributed by atoms with Gasteiger partial charge in [-0.05, 0) is 12.8 Å². The molecule has 0 spiro atoms. The summed E-state index contributed by atoms with van der Waals surface area (Å²) in [5.74, 6) is 0. The molecule has 0 aliphatic heterocycles. The maximum absolute atomic E-state index is 2.29. The Morgan fingerprint density at radius 3 is 1.14 bits per heavy atom. The first-order valence-electron chi connectivity index (χ1n) is 8.86. The van der Waals surface area contributed by atoms with E-state index in [-0.39, 0.29) is 34.0 Å². The number of hydrogen-bond acceptors (Lipinski definition) is 0. The maximum Gasteiger partial charge on any atom is 0.0780 e. The van der Waals surface area contributed by atoms with Crippen molar-refractivity contribution in [2.45, 2.75) is 71.1 Å². The van der Waals surface area contributed by atoms with Gasteiger partial charge in [-0.2, -0.15) is 0 Å². The molecule has 0 saturated carbocycles. The van der Waals surface area contributed by atoms with Crippen molar-refractivity contribution in [2.75, 3.05) is 48.8 Å². The lowest BCUT2D eigenvalue weighted by molar-refractivity contribution is -0.870. The van der Waals surface area contributed by atoms with Crippen molar-refractivity contribution in [1.82, 2.24) is 0 Å². The normalized spacial score (nSPS) is 10.4. The second kappa shape index (κ2) is 21.9. The van der Waals surface area contributed by atoms with Gasteiger partial charge in [0, 0.05) is 0 Å². The van der Waals surface area contributed by atoms with Gasteiger partial charge in [0.05, 0.1) is 48.8 Å². The summed E-state index contributed by atoms with van der Waals surface area (Å²) in [6, 6.07) is 0. The minimum atomic E-state index is 0. The summed E-state index contributed by atoms with van der Waals surface area (Å²) in [5, 5.41) is 0. The largest absolute Gasteiger partial charge is 1.00 e. The van der Waals surface area contributed by atoms with Crippen LogP contribution in [-0.4, -0.2) is 53.3 Å². The SMILES string of the molecule is CCCCCCCCCCCC[N+](C)(C)C.C[NH+](C)C.[Br-].[Br-]. The van der Waals surface area contributed by atoms with E-state index >= 15 is 0 Å². The highest BCUT2D eigenvalue weighted by Gasteiger charge is 2.04. The lowest BCUT2D eigenvalue weighted by atomic mass is 10.1. The predicted molar refractivity (Wildman–Crippen MR) is 93.5 cm³/mol. The van der Waals surface area contributed by atoms with E-state index in [0.29, 0.717) is 0 Å². The van der Waals surface area contributed by atoms with Crippen LogP contribution in [0.4, 0.5) is 0 Å². The van der Waals surface area contributed by atoms with Crippen LogP contribution >= 0.6 is 0 Å². The summed E-state index contributed by atoms with van der Waals surface area (Å²) >= 11 is 0. The van der Waals surface area contributed by atoms with Crippen LogP contribution in [0.2, 0.25) is 0 Å². The third-order valence-electron chi connectivity index (χ3n) is 3.18. The quantitative estimate of drug-likeness (QED) is 0.261. The molecule has 0 unspecified atom stereocenters. The summed E-state index contributed by atoms with van der Waals surface area (Å²) in [4.78, 5) is 1.42. The minimum Gasteiger partial charge on any atom is -1.00 e. The Labute approximate surface area is 163 Å². The average molecular weight is 448 g/mol. The van der Waals surface area contributed by atoms with Crippen molar-refractivity contribution in [3.05, 3.63) is 0 Å². The molecule has 0 aromatic rings. The Kier molecular flexibility index (Phi) is 30.6. The van der Waals surface area contributed by atoms with Gasteiger partial charge in [-0.25, -0.2) is 0 Å². The molecule has 0 aromatic heterocycles. The molecule has 1 N–H and O–H groups in total. The van der Waals surface area contributed by atoms with Crippen molar-refractivity contribution < 1.29 is 43.3 Å². The van der Waals surface area contributed by atoms with Crippen LogP contribution in [0.25, 0.3) is 0 Å². The van der Waals surface area contributed by atoms with Crippen molar-refractivity contribution in [2.24, 2.45) is 0 Å². The molecule has 0 aliphatic carbocycles. The van der Waals surface area contributed by atoms with Crippen LogP contribution in [0.3, 0.4) is 0 Å². The number of quaternary nitrogens is 2. The number of nitrogens with one attached hydrogen (secondary N) is 1. The predicted octanol–water partition coefficient (Wildman–Crippen LogP) is -2.62. The maximum atomic E-state index is 2.29. The lowest BCUT2D eigenvalue weighted by Gasteiger charge is -2.23. The summed E-state index contributed by atoms with van der Waals surface area (Å²) in [6.07, 6.45) is 14.4. The highest BCUT2D eigenvalue weighted by atomic mass is 79.9. The molecule has 22 heavy (non-hydrogen) atoms. The second-order valence-electron chi connectivity index (χ2n) is 7.70. The zero-order valence-electron chi connectivity index (χ0n) is 16.5. The molecule has 0 aromatic carbocycles. The molecule has 0 fully saturated rings. The van der Waals surface area contributed by atoms with Crippen molar-refractivity contribution >= 4 is 0 Å². The molecule has 0 rings (SSSR count). The molecule has 0 heterocycles. The first kappa shape index (κ1) is 30.7. The Morgan fingerprint density at radius 1 is 0.591 bits per heavy atom. The van der Waals surface area contributed by atoms with Crippen LogP contribution in [0.1, 0.15) is 71.1 Å². The van der Waals surface area contributed by atoms with E-state index in [1.54, 1.807) is 0 Å². The molecule has 0 radical (unpaired) electrons. The molecule has 0 aliphatic rings. The molecular weight excluding hydrogens is 404 g/mol. The van der Waals surface area contributed by atoms with Gasteiger partial charge in [-0.15, -0.1) is 0 Å². The Morgan fingerprint density at radius 2 is 0.864 bits per heavy atom. The van der Waals surface area contributed by atoms with Crippen molar-refractivity contribution in [3.63, 3.8) is 0 Å². The van der Waals surface area contributed by atoms with Gasteiger partial charge in [-0.3, -0.25) is 0 Å². The molecule has 0 saturated heterocycles. The standard InChI is InChI=1S/C15H34N.C3H9N.2BrH/c1-5-6-7-8-9-10-11-12-13-14-15-16(2,3)4;1-4(2)3;;/h5-15H2,1-4H3;1-3H3;2*1H/q+1;;;/p-1. The van der Waals surface area contributed by atoms with Gasteiger partial charge >= 0.3 is 0 Å². The summed E-state index contributed by atoms with van der Waals surface area (Å²) in [5.41, 5.74) is 0. The van der Waals surface area contributed by atoms with E-state index in [9.17, 15) is 0 Å². The molecule has 4 heteroatoms. The van der Waals surface area contributed by atoms with Crippen LogP contribution in [0, 0.1) is 0 Å². The third-order valence-corrected chi connectivity index (χ3v) is 3.18. The fourth-order valence-corrected chi connectivity index (χ4v) is 2.07. The van der Waals surface area contributed by atoms with E-state index in [2.05, 4.69) is 49.2 Å². The highest BCUT2D eigenvalue weighted by Crippen LogP contribution is 2.10. The van der Waals surface area contributed by atoms with Gasteiger partial charge in [0.1, 0.15) is 0 Å². The summed E-state index contributed by atoms with van der Waals surface area (Å²) < 4.78 is 1.12. The molecule has 0 amide bonds. The molecule has 2 nitrogen and oxygen atoms in total. The Hall–Kier alpha value is 0.880. The number of hydrogen-bond donors (Lipinski definition) is 1. The Balaban J connectivity index is -0.000000240. The van der Waals surface area contributed by atoms with Crippen LogP contribution < -0.4 is 38.9 Å². The zero-order valence-corrected chi connectivity index (χ0v) is 19.7. The molecular formula is C18H44Br2N2. The van der Waals surface area contributed by atoms with Gasteiger partial charge in [0.15, 0.2) is 0 Å². The lowest BCUT2D eigenvalue weighted by Crippen LogP contribution is -3.02. The van der Waals surface area contributed by atoms with E-state index in [4.69, 9.17) is 0 Å². The molecule has 0 atom stereocenters. The first-order chi connectivity index (χ1) is 9.29. The van der Waals surface area contributed by atoms with E-state index < -0.39 is 0 Å². The monoisotopic (exact) mass is 446 g/mol. The van der Waals surface area contributed by atoms with E-state index in [1.807, 2.05) is 0 Å². The first-order valence-corrected chi connectivity index (χ1v) is 8.86. The number of nitrogens with zero attached hydrogens (tertiary/aromatic N) is 1.